The number of nitrogens with two attached hydrogens (primary N) is 1. The molecule has 1 aromatic rings. The van der Waals surface area contributed by atoms with Crippen LogP contribution in [0.5, 0.6) is 0 Å². The highest BCUT2D eigenvalue weighted by molar-refractivity contribution is 5.76. The van der Waals surface area contributed by atoms with Gasteiger partial charge in [0.15, 0.2) is 0 Å². The summed E-state index contributed by atoms with van der Waals surface area (Å²) < 4.78 is 0. The van der Waals surface area contributed by atoms with Gasteiger partial charge in [0.2, 0.25) is 5.91 Å². The zero-order valence-corrected chi connectivity index (χ0v) is 12.2. The fraction of sp³-hybridized carbons (Fsp3) is 0.533. The number of anilines is 1. The Bertz CT molecular complexity index is 404. The number of benzene rings is 1. The quantitative estimate of drug-likeness (QED) is 0.813. The third-order valence-electron chi connectivity index (χ3n) is 3.09. The van der Waals surface area contributed by atoms with E-state index in [0.29, 0.717) is 13.0 Å². The normalized spacial score (nSPS) is 10.3. The molecule has 0 saturated carbocycles. The second-order valence-corrected chi connectivity index (χ2v) is 5.01. The number of nitrogens with zero attached hydrogens (tertiary/aromatic N) is 2. The molecule has 0 aliphatic carbocycles. The zero-order chi connectivity index (χ0) is 14.3. The number of carbonyl (C=O) groups is 1. The van der Waals surface area contributed by atoms with Crippen molar-refractivity contribution in [1.29, 1.82) is 0 Å². The lowest BCUT2D eigenvalue weighted by atomic mass is 10.2. The van der Waals surface area contributed by atoms with Crippen LogP contribution in [0.15, 0.2) is 24.3 Å². The molecule has 1 amide bonds. The summed E-state index contributed by atoms with van der Waals surface area (Å²) in [7, 11) is 3.58. The Morgan fingerprint density at radius 1 is 1.26 bits per heavy atom. The van der Waals surface area contributed by atoms with Gasteiger partial charge in [0.25, 0.3) is 0 Å². The molecule has 0 aliphatic heterocycles. The number of hydrogen-bond donors (Lipinski definition) is 1. The van der Waals surface area contributed by atoms with E-state index in [0.717, 1.165) is 19.5 Å². The Balaban J connectivity index is 2.69. The first kappa shape index (κ1) is 15.5. The van der Waals surface area contributed by atoms with Gasteiger partial charge in [0.1, 0.15) is 0 Å². The average molecular weight is 263 g/mol. The van der Waals surface area contributed by atoms with Gasteiger partial charge < -0.3 is 15.5 Å². The number of hydrogen-bond acceptors (Lipinski definition) is 3. The molecular formula is C15H25N3O. The molecule has 4 heteroatoms. The molecule has 0 heterocycles. The molecule has 0 unspecified atom stereocenters. The molecule has 0 saturated heterocycles. The molecule has 19 heavy (non-hydrogen) atoms. The minimum Gasteiger partial charge on any atom is -0.371 e. The van der Waals surface area contributed by atoms with Crippen molar-refractivity contribution in [3.8, 4) is 0 Å². The second kappa shape index (κ2) is 7.79. The van der Waals surface area contributed by atoms with Crippen molar-refractivity contribution in [2.75, 3.05) is 38.6 Å². The maximum atomic E-state index is 11.7. The first-order valence-corrected chi connectivity index (χ1v) is 6.76. The first-order chi connectivity index (χ1) is 9.04. The van der Waals surface area contributed by atoms with Crippen LogP contribution in [-0.2, 0) is 4.79 Å². The van der Waals surface area contributed by atoms with Crippen LogP contribution in [0.1, 0.15) is 18.4 Å². The van der Waals surface area contributed by atoms with Crippen LogP contribution >= 0.6 is 0 Å². The predicted molar refractivity (Wildman–Crippen MR) is 80.4 cm³/mol. The third kappa shape index (κ3) is 5.30. The molecule has 106 valence electrons. The van der Waals surface area contributed by atoms with E-state index in [2.05, 4.69) is 30.0 Å². The van der Waals surface area contributed by atoms with E-state index in [9.17, 15) is 4.79 Å². The van der Waals surface area contributed by atoms with Gasteiger partial charge >= 0.3 is 0 Å². The molecule has 0 radical (unpaired) electrons. The van der Waals surface area contributed by atoms with Crippen LogP contribution < -0.4 is 10.6 Å². The number of aryl methyl sites for hydroxylation is 1. The molecule has 0 spiro atoms. The average Bonchev–Trinajstić information content (AvgIpc) is 2.38. The molecule has 0 aliphatic rings. The van der Waals surface area contributed by atoms with Crippen LogP contribution in [0.2, 0.25) is 0 Å². The second-order valence-electron chi connectivity index (χ2n) is 5.01. The number of carbonyl (C=O) groups excluding carboxylic acids is 1. The fourth-order valence-electron chi connectivity index (χ4n) is 1.93. The van der Waals surface area contributed by atoms with E-state index in [1.807, 2.05) is 6.07 Å². The largest absolute Gasteiger partial charge is 0.371 e. The smallest absolute Gasteiger partial charge is 0.223 e. The summed E-state index contributed by atoms with van der Waals surface area (Å²) in [4.78, 5) is 15.6. The molecule has 0 bridgehead atoms. The molecule has 0 aromatic heterocycles. The van der Waals surface area contributed by atoms with Gasteiger partial charge in [-0.2, -0.15) is 0 Å². The summed E-state index contributed by atoms with van der Waals surface area (Å²) in [5.41, 5.74) is 7.98. The molecule has 4 nitrogen and oxygen atoms in total. The number of rotatable bonds is 7. The predicted octanol–water partition coefficient (Wildman–Crippen LogP) is 1.63. The van der Waals surface area contributed by atoms with Crippen LogP contribution in [-0.4, -0.2) is 44.5 Å². The number of amides is 1. The molecule has 1 aromatic carbocycles. The minimum absolute atomic E-state index is 0.158. The molecule has 0 atom stereocenters. The monoisotopic (exact) mass is 263 g/mol. The van der Waals surface area contributed by atoms with Gasteiger partial charge in [0.05, 0.1) is 0 Å². The van der Waals surface area contributed by atoms with Crippen LogP contribution in [0.3, 0.4) is 0 Å². The summed E-state index contributed by atoms with van der Waals surface area (Å²) in [6.45, 7) is 4.38. The van der Waals surface area contributed by atoms with E-state index in [1.165, 1.54) is 11.3 Å². The van der Waals surface area contributed by atoms with Gasteiger partial charge in [-0.15, -0.1) is 0 Å². The molecule has 2 N–H and O–H groups in total. The van der Waals surface area contributed by atoms with E-state index >= 15 is 0 Å². The molecule has 1 rings (SSSR count). The van der Waals surface area contributed by atoms with Gasteiger partial charge in [-0.3, -0.25) is 4.79 Å². The third-order valence-corrected chi connectivity index (χ3v) is 3.09. The van der Waals surface area contributed by atoms with E-state index in [-0.39, 0.29) is 5.91 Å². The summed E-state index contributed by atoms with van der Waals surface area (Å²) in [6, 6.07) is 8.36. The van der Waals surface area contributed by atoms with Crippen molar-refractivity contribution in [3.63, 3.8) is 0 Å². The lowest BCUT2D eigenvalue weighted by molar-refractivity contribution is -0.128. The van der Waals surface area contributed by atoms with Crippen molar-refractivity contribution in [3.05, 3.63) is 29.8 Å². The summed E-state index contributed by atoms with van der Waals surface area (Å²) in [6.07, 6.45) is 1.47. The highest BCUT2D eigenvalue weighted by Gasteiger charge is 2.10. The van der Waals surface area contributed by atoms with E-state index in [1.54, 1.807) is 19.0 Å². The highest BCUT2D eigenvalue weighted by atomic mass is 16.2. The topological polar surface area (TPSA) is 49.6 Å². The van der Waals surface area contributed by atoms with Crippen LogP contribution in [0, 0.1) is 6.92 Å². The lowest BCUT2D eigenvalue weighted by Gasteiger charge is -2.25. The van der Waals surface area contributed by atoms with E-state index in [4.69, 9.17) is 5.73 Å². The molecular weight excluding hydrogens is 238 g/mol. The SMILES string of the molecule is Cc1cccc(N(CCCN)CCC(=O)N(C)C)c1. The van der Waals surface area contributed by atoms with Gasteiger partial charge in [0, 0.05) is 39.3 Å². The highest BCUT2D eigenvalue weighted by Crippen LogP contribution is 2.16. The standard InChI is InChI=1S/C15H25N3O/c1-13-6-4-7-14(12-13)18(10-5-9-16)11-8-15(19)17(2)3/h4,6-7,12H,5,8-11,16H2,1-3H3. The Hall–Kier alpha value is -1.55. The fourth-order valence-corrected chi connectivity index (χ4v) is 1.93. The van der Waals surface area contributed by atoms with Gasteiger partial charge in [-0.1, -0.05) is 12.1 Å². The first-order valence-electron chi connectivity index (χ1n) is 6.76. The minimum atomic E-state index is 0.158. The summed E-state index contributed by atoms with van der Waals surface area (Å²) >= 11 is 0. The maximum absolute atomic E-state index is 11.7. The van der Waals surface area contributed by atoms with Crippen molar-refractivity contribution < 1.29 is 4.79 Å². The molecule has 0 fully saturated rings. The van der Waals surface area contributed by atoms with Gasteiger partial charge in [-0.25, -0.2) is 0 Å². The van der Waals surface area contributed by atoms with E-state index < -0.39 is 0 Å². The van der Waals surface area contributed by atoms with Crippen molar-refractivity contribution in [1.82, 2.24) is 4.90 Å². The Morgan fingerprint density at radius 3 is 2.58 bits per heavy atom. The Labute approximate surface area is 116 Å². The summed E-state index contributed by atoms with van der Waals surface area (Å²) in [5, 5.41) is 0. The Morgan fingerprint density at radius 2 is 2.00 bits per heavy atom. The van der Waals surface area contributed by atoms with Crippen molar-refractivity contribution >= 4 is 11.6 Å². The zero-order valence-electron chi connectivity index (χ0n) is 12.2. The van der Waals surface area contributed by atoms with Crippen LogP contribution in [0.25, 0.3) is 0 Å². The lowest BCUT2D eigenvalue weighted by Crippen LogP contribution is -2.31. The van der Waals surface area contributed by atoms with Crippen molar-refractivity contribution in [2.24, 2.45) is 5.73 Å². The maximum Gasteiger partial charge on any atom is 0.223 e. The Kier molecular flexibility index (Phi) is 6.36. The van der Waals surface area contributed by atoms with Gasteiger partial charge in [-0.05, 0) is 37.6 Å². The van der Waals surface area contributed by atoms with Crippen molar-refractivity contribution in [2.45, 2.75) is 19.8 Å². The van der Waals surface area contributed by atoms with Crippen LogP contribution in [0.4, 0.5) is 5.69 Å². The summed E-state index contributed by atoms with van der Waals surface area (Å²) in [5.74, 6) is 0.158.